The minimum absolute atomic E-state index is 0.203. The van der Waals surface area contributed by atoms with Crippen LogP contribution in [-0.2, 0) is 4.84 Å². The summed E-state index contributed by atoms with van der Waals surface area (Å²) in [5.41, 5.74) is 0. The zero-order chi connectivity index (χ0) is 7.82. The molecule has 0 fully saturated rings. The Morgan fingerprint density at radius 1 is 1.60 bits per heavy atom. The molecule has 0 atom stereocenters. The smallest absolute Gasteiger partial charge is 0.294 e. The van der Waals surface area contributed by atoms with E-state index in [-0.39, 0.29) is 6.61 Å². The highest BCUT2D eigenvalue weighted by atomic mass is 16.9. The Bertz CT molecular complexity index is 96.9. The van der Waals surface area contributed by atoms with Crippen LogP contribution in [0.5, 0.6) is 0 Å². The molecule has 0 aliphatic rings. The summed E-state index contributed by atoms with van der Waals surface area (Å²) in [5.74, 6) is 0. The Morgan fingerprint density at radius 3 is 2.80 bits per heavy atom. The summed E-state index contributed by atoms with van der Waals surface area (Å²) in [6.45, 7) is 1.08. The van der Waals surface area contributed by atoms with E-state index in [1.165, 1.54) is 0 Å². The molecule has 5 heteroatoms. The van der Waals surface area contributed by atoms with E-state index in [1.807, 2.05) is 7.05 Å². The van der Waals surface area contributed by atoms with Crippen molar-refractivity contribution in [3.8, 4) is 0 Å². The van der Waals surface area contributed by atoms with Crippen LogP contribution in [-0.4, -0.2) is 25.3 Å². The molecule has 0 saturated heterocycles. The van der Waals surface area contributed by atoms with E-state index in [1.54, 1.807) is 0 Å². The first-order chi connectivity index (χ1) is 4.77. The Hall–Kier alpha value is -0.840. The second-order valence-corrected chi connectivity index (χ2v) is 1.87. The lowest BCUT2D eigenvalue weighted by Crippen LogP contribution is -2.09. The van der Waals surface area contributed by atoms with Crippen molar-refractivity contribution in [2.45, 2.75) is 12.8 Å². The molecular weight excluding hydrogens is 136 g/mol. The largest absolute Gasteiger partial charge is 0.320 e. The van der Waals surface area contributed by atoms with Crippen molar-refractivity contribution in [1.29, 1.82) is 0 Å². The van der Waals surface area contributed by atoms with Crippen molar-refractivity contribution in [2.24, 2.45) is 0 Å². The summed E-state index contributed by atoms with van der Waals surface area (Å²) < 4.78 is 0. The molecule has 60 valence electrons. The lowest BCUT2D eigenvalue weighted by atomic mass is 10.3. The first kappa shape index (κ1) is 9.16. The Morgan fingerprint density at radius 2 is 2.30 bits per heavy atom. The molecule has 0 rings (SSSR count). The molecule has 10 heavy (non-hydrogen) atoms. The van der Waals surface area contributed by atoms with Crippen molar-refractivity contribution in [1.82, 2.24) is 5.32 Å². The SMILES string of the molecule is CNCCCCO[N+](=O)[O-]. The first-order valence-electron chi connectivity index (χ1n) is 3.19. The third-order valence-corrected chi connectivity index (χ3v) is 1.02. The van der Waals surface area contributed by atoms with E-state index < -0.39 is 5.09 Å². The van der Waals surface area contributed by atoms with Crippen LogP contribution >= 0.6 is 0 Å². The van der Waals surface area contributed by atoms with Crippen molar-refractivity contribution >= 4 is 0 Å². The molecule has 0 unspecified atom stereocenters. The summed E-state index contributed by atoms with van der Waals surface area (Å²) >= 11 is 0. The molecule has 5 nitrogen and oxygen atoms in total. The molecule has 0 aromatic carbocycles. The molecule has 0 aliphatic carbocycles. The van der Waals surface area contributed by atoms with Gasteiger partial charge in [-0.15, -0.1) is 10.1 Å². The zero-order valence-electron chi connectivity index (χ0n) is 6.00. The maximum Gasteiger partial charge on any atom is 0.294 e. The van der Waals surface area contributed by atoms with Crippen molar-refractivity contribution < 1.29 is 9.92 Å². The summed E-state index contributed by atoms with van der Waals surface area (Å²) in [7, 11) is 1.84. The van der Waals surface area contributed by atoms with Gasteiger partial charge in [0, 0.05) is 0 Å². The van der Waals surface area contributed by atoms with E-state index in [2.05, 4.69) is 10.2 Å². The number of nitrogens with zero attached hydrogens (tertiary/aromatic N) is 1. The quantitative estimate of drug-likeness (QED) is 0.332. The third kappa shape index (κ3) is 7.16. The average molecular weight is 148 g/mol. The molecule has 0 bridgehead atoms. The molecular formula is C5H12N2O3. The maximum atomic E-state index is 9.60. The lowest BCUT2D eigenvalue weighted by molar-refractivity contribution is -0.757. The average Bonchev–Trinajstić information content (AvgIpc) is 1.87. The number of nitrogens with one attached hydrogen (secondary N) is 1. The second-order valence-electron chi connectivity index (χ2n) is 1.87. The Balaban J connectivity index is 2.84. The lowest BCUT2D eigenvalue weighted by Gasteiger charge is -1.97. The van der Waals surface area contributed by atoms with Crippen LogP contribution in [0.4, 0.5) is 0 Å². The molecule has 0 spiro atoms. The first-order valence-corrected chi connectivity index (χ1v) is 3.19. The number of unbranched alkanes of at least 4 members (excludes halogenated alkanes) is 1. The van der Waals surface area contributed by atoms with Crippen molar-refractivity contribution in [2.75, 3.05) is 20.2 Å². The molecule has 0 aromatic heterocycles. The highest BCUT2D eigenvalue weighted by Gasteiger charge is 1.92. The van der Waals surface area contributed by atoms with Gasteiger partial charge in [-0.1, -0.05) is 0 Å². The van der Waals surface area contributed by atoms with E-state index >= 15 is 0 Å². The van der Waals surface area contributed by atoms with Crippen LogP contribution in [0.2, 0.25) is 0 Å². The minimum Gasteiger partial charge on any atom is -0.320 e. The monoisotopic (exact) mass is 148 g/mol. The van der Waals surface area contributed by atoms with Gasteiger partial charge in [0.1, 0.15) is 0 Å². The number of hydrogen-bond donors (Lipinski definition) is 1. The summed E-state index contributed by atoms with van der Waals surface area (Å²) in [6, 6.07) is 0. The van der Waals surface area contributed by atoms with Gasteiger partial charge in [0.25, 0.3) is 5.09 Å². The molecule has 0 saturated carbocycles. The Labute approximate surface area is 59.5 Å². The third-order valence-electron chi connectivity index (χ3n) is 1.02. The minimum atomic E-state index is -0.765. The van der Waals surface area contributed by atoms with Gasteiger partial charge in [-0.05, 0) is 26.4 Å². The summed E-state index contributed by atoms with van der Waals surface area (Å²) in [4.78, 5) is 13.7. The molecule has 0 amide bonds. The number of rotatable bonds is 6. The standard InChI is InChI=1S/C5H12N2O3/c1-6-4-2-3-5-10-7(8)9/h6H,2-5H2,1H3. The van der Waals surface area contributed by atoms with E-state index in [9.17, 15) is 10.1 Å². The molecule has 0 radical (unpaired) electrons. The maximum absolute atomic E-state index is 9.60. The zero-order valence-corrected chi connectivity index (χ0v) is 6.00. The Kier molecular flexibility index (Phi) is 5.75. The van der Waals surface area contributed by atoms with Gasteiger partial charge < -0.3 is 10.2 Å². The van der Waals surface area contributed by atoms with E-state index in [4.69, 9.17) is 0 Å². The predicted molar refractivity (Wildman–Crippen MR) is 36.1 cm³/mol. The van der Waals surface area contributed by atoms with Gasteiger partial charge >= 0.3 is 0 Å². The second kappa shape index (κ2) is 6.28. The van der Waals surface area contributed by atoms with Gasteiger partial charge in [-0.2, -0.15) is 0 Å². The van der Waals surface area contributed by atoms with Gasteiger partial charge in [0.15, 0.2) is 0 Å². The van der Waals surface area contributed by atoms with Gasteiger partial charge in [0.2, 0.25) is 0 Å². The van der Waals surface area contributed by atoms with Crippen LogP contribution in [0.1, 0.15) is 12.8 Å². The fourth-order valence-electron chi connectivity index (χ4n) is 0.543. The van der Waals surface area contributed by atoms with Crippen LogP contribution in [0.3, 0.4) is 0 Å². The summed E-state index contributed by atoms with van der Waals surface area (Å²) in [5, 5.41) is 11.8. The van der Waals surface area contributed by atoms with Crippen molar-refractivity contribution in [3.05, 3.63) is 10.1 Å². The predicted octanol–water partition coefficient (Wildman–Crippen LogP) is 0.194. The van der Waals surface area contributed by atoms with Crippen LogP contribution < -0.4 is 5.32 Å². The van der Waals surface area contributed by atoms with Gasteiger partial charge in [-0.3, -0.25) is 0 Å². The van der Waals surface area contributed by atoms with Crippen molar-refractivity contribution in [3.63, 3.8) is 0 Å². The highest BCUT2D eigenvalue weighted by Crippen LogP contribution is 1.87. The van der Waals surface area contributed by atoms with Gasteiger partial charge in [-0.25, -0.2) is 0 Å². The van der Waals surface area contributed by atoms with Crippen LogP contribution in [0, 0.1) is 10.1 Å². The fourth-order valence-corrected chi connectivity index (χ4v) is 0.543. The molecule has 1 N–H and O–H groups in total. The molecule has 0 aliphatic heterocycles. The highest BCUT2D eigenvalue weighted by molar-refractivity contribution is 4.39. The van der Waals surface area contributed by atoms with Gasteiger partial charge in [0.05, 0.1) is 6.61 Å². The normalized spacial score (nSPS) is 9.30. The fraction of sp³-hybridized carbons (Fsp3) is 1.00. The van der Waals surface area contributed by atoms with Crippen LogP contribution in [0.25, 0.3) is 0 Å². The topological polar surface area (TPSA) is 64.4 Å². The summed E-state index contributed by atoms with van der Waals surface area (Å²) in [6.07, 6.45) is 1.63. The molecule has 0 heterocycles. The number of hydrogen-bond acceptors (Lipinski definition) is 4. The van der Waals surface area contributed by atoms with E-state index in [0.717, 1.165) is 19.4 Å². The molecule has 0 aromatic rings. The van der Waals surface area contributed by atoms with Crippen LogP contribution in [0.15, 0.2) is 0 Å². The van der Waals surface area contributed by atoms with E-state index in [0.29, 0.717) is 0 Å².